The van der Waals surface area contributed by atoms with Gasteiger partial charge in [-0.2, -0.15) is 0 Å². The lowest BCUT2D eigenvalue weighted by molar-refractivity contribution is 0.102. The molecule has 1 aliphatic carbocycles. The molecule has 1 heterocycles. The maximum absolute atomic E-state index is 12.5. The average Bonchev–Trinajstić information content (AvgIpc) is 3.53. The summed E-state index contributed by atoms with van der Waals surface area (Å²) in [5.41, 5.74) is 3.72. The van der Waals surface area contributed by atoms with Crippen LogP contribution in [-0.2, 0) is 0 Å². The molecular weight excluding hydrogens is 410 g/mol. The molecular formula is C23H23N5O2S. The van der Waals surface area contributed by atoms with Gasteiger partial charge in [-0.1, -0.05) is 0 Å². The van der Waals surface area contributed by atoms with Gasteiger partial charge in [-0.15, -0.1) is 0 Å². The highest BCUT2D eigenvalue weighted by molar-refractivity contribution is 7.99. The van der Waals surface area contributed by atoms with Gasteiger partial charge in [0, 0.05) is 39.3 Å². The largest absolute Gasteiger partial charge is 0.335 e. The third-order valence-corrected chi connectivity index (χ3v) is 5.47. The Hall–Kier alpha value is -3.39. The molecule has 1 fully saturated rings. The first-order valence-corrected chi connectivity index (χ1v) is 10.9. The van der Waals surface area contributed by atoms with Crippen LogP contribution in [0.5, 0.6) is 0 Å². The molecule has 1 aliphatic rings. The normalized spacial score (nSPS) is 12.8. The molecule has 158 valence electrons. The highest BCUT2D eigenvalue weighted by Gasteiger charge is 2.23. The Labute approximate surface area is 185 Å². The first-order chi connectivity index (χ1) is 14.9. The molecule has 0 saturated heterocycles. The molecule has 0 bridgehead atoms. The van der Waals surface area contributed by atoms with Gasteiger partial charge < -0.3 is 16.0 Å². The lowest BCUT2D eigenvalue weighted by Gasteiger charge is -2.09. The quantitative estimate of drug-likeness (QED) is 0.486. The van der Waals surface area contributed by atoms with Crippen LogP contribution in [0.4, 0.5) is 16.2 Å². The zero-order valence-corrected chi connectivity index (χ0v) is 18.1. The molecule has 1 saturated carbocycles. The number of urea groups is 1. The number of hydrogen-bond acceptors (Lipinski definition) is 5. The van der Waals surface area contributed by atoms with Crippen molar-refractivity contribution in [2.75, 3.05) is 10.6 Å². The maximum atomic E-state index is 12.5. The molecule has 3 amide bonds. The Morgan fingerprint density at radius 3 is 2.06 bits per heavy atom. The molecule has 3 N–H and O–H groups in total. The second-order valence-corrected chi connectivity index (χ2v) is 8.50. The van der Waals surface area contributed by atoms with E-state index in [0.717, 1.165) is 29.1 Å². The number of amides is 3. The number of rotatable bonds is 6. The van der Waals surface area contributed by atoms with Gasteiger partial charge in [0.15, 0.2) is 5.16 Å². The van der Waals surface area contributed by atoms with Crippen molar-refractivity contribution >= 4 is 35.1 Å². The van der Waals surface area contributed by atoms with Crippen molar-refractivity contribution in [2.24, 2.45) is 0 Å². The second-order valence-electron chi connectivity index (χ2n) is 7.46. The molecule has 31 heavy (non-hydrogen) atoms. The van der Waals surface area contributed by atoms with Crippen molar-refractivity contribution in [3.63, 3.8) is 0 Å². The average molecular weight is 434 g/mol. The van der Waals surface area contributed by atoms with Crippen LogP contribution in [0.1, 0.15) is 34.6 Å². The van der Waals surface area contributed by atoms with E-state index in [1.54, 1.807) is 24.3 Å². The molecule has 0 radical (unpaired) electrons. The molecule has 4 rings (SSSR count). The smallest absolute Gasteiger partial charge is 0.319 e. The number of benzene rings is 2. The standard InChI is InChI=1S/C23H23N5O2S/c1-14-13-15(2)25-23(24-14)31-20-11-9-17(10-12-20)26-21(29)16-3-5-18(6-4-16)27-22(30)28-19-7-8-19/h3-6,9-13,19H,7-8H2,1-2H3,(H,26,29)(H2,27,28,30). The first-order valence-electron chi connectivity index (χ1n) is 10.0. The molecule has 2 aromatic carbocycles. The summed E-state index contributed by atoms with van der Waals surface area (Å²) in [5.74, 6) is -0.216. The van der Waals surface area contributed by atoms with Crippen LogP contribution in [0.25, 0.3) is 0 Å². The number of aromatic nitrogens is 2. The van der Waals surface area contributed by atoms with E-state index in [-0.39, 0.29) is 11.9 Å². The number of nitrogens with one attached hydrogen (secondary N) is 3. The number of carbonyl (C=O) groups is 2. The SMILES string of the molecule is Cc1cc(C)nc(Sc2ccc(NC(=O)c3ccc(NC(=O)NC4CC4)cc3)cc2)n1. The summed E-state index contributed by atoms with van der Waals surface area (Å²) in [5, 5.41) is 9.21. The minimum absolute atomic E-state index is 0.216. The Balaban J connectivity index is 1.33. The second kappa shape index (κ2) is 9.18. The van der Waals surface area contributed by atoms with Crippen molar-refractivity contribution in [3.05, 3.63) is 71.5 Å². The summed E-state index contributed by atoms with van der Waals surface area (Å²) in [6.07, 6.45) is 2.07. The number of carbonyl (C=O) groups excluding carboxylic acids is 2. The number of hydrogen-bond donors (Lipinski definition) is 3. The van der Waals surface area contributed by atoms with Crippen molar-refractivity contribution in [1.82, 2.24) is 15.3 Å². The van der Waals surface area contributed by atoms with Gasteiger partial charge in [-0.25, -0.2) is 14.8 Å². The fraction of sp³-hybridized carbons (Fsp3) is 0.217. The van der Waals surface area contributed by atoms with E-state index >= 15 is 0 Å². The number of anilines is 2. The molecule has 0 unspecified atom stereocenters. The van der Waals surface area contributed by atoms with Crippen LogP contribution in [0.15, 0.2) is 64.6 Å². The van der Waals surface area contributed by atoms with Crippen LogP contribution in [0.2, 0.25) is 0 Å². The van der Waals surface area contributed by atoms with Crippen LogP contribution >= 0.6 is 11.8 Å². The molecule has 3 aromatic rings. The zero-order valence-electron chi connectivity index (χ0n) is 17.3. The van der Waals surface area contributed by atoms with Crippen LogP contribution in [0.3, 0.4) is 0 Å². The Morgan fingerprint density at radius 1 is 0.871 bits per heavy atom. The first kappa shape index (κ1) is 20.9. The highest BCUT2D eigenvalue weighted by Crippen LogP contribution is 2.26. The minimum Gasteiger partial charge on any atom is -0.335 e. The molecule has 0 atom stereocenters. The minimum atomic E-state index is -0.219. The fourth-order valence-electron chi connectivity index (χ4n) is 2.94. The van der Waals surface area contributed by atoms with Gasteiger partial charge in [-0.05, 0) is 93.0 Å². The Kier molecular flexibility index (Phi) is 6.18. The van der Waals surface area contributed by atoms with Gasteiger partial charge in [0.1, 0.15) is 0 Å². The third-order valence-electron chi connectivity index (χ3n) is 4.60. The van der Waals surface area contributed by atoms with E-state index < -0.39 is 0 Å². The van der Waals surface area contributed by atoms with Gasteiger partial charge in [0.25, 0.3) is 5.91 Å². The lowest BCUT2D eigenvalue weighted by atomic mass is 10.2. The summed E-state index contributed by atoms with van der Waals surface area (Å²) in [7, 11) is 0. The van der Waals surface area contributed by atoms with Crippen molar-refractivity contribution in [2.45, 2.75) is 42.8 Å². The van der Waals surface area contributed by atoms with E-state index in [0.29, 0.717) is 28.1 Å². The summed E-state index contributed by atoms with van der Waals surface area (Å²) >= 11 is 1.48. The van der Waals surface area contributed by atoms with E-state index in [1.165, 1.54) is 11.8 Å². The summed E-state index contributed by atoms with van der Waals surface area (Å²) in [6, 6.07) is 16.4. The monoisotopic (exact) mass is 433 g/mol. The van der Waals surface area contributed by atoms with Crippen LogP contribution in [0, 0.1) is 13.8 Å². The van der Waals surface area contributed by atoms with E-state index in [1.807, 2.05) is 44.2 Å². The van der Waals surface area contributed by atoms with Gasteiger partial charge in [0.2, 0.25) is 0 Å². The Bertz CT molecular complexity index is 1080. The Morgan fingerprint density at radius 2 is 1.45 bits per heavy atom. The summed E-state index contributed by atoms with van der Waals surface area (Å²) in [6.45, 7) is 3.89. The molecule has 0 aliphatic heterocycles. The van der Waals surface area contributed by atoms with Gasteiger partial charge in [-0.3, -0.25) is 4.79 Å². The van der Waals surface area contributed by atoms with E-state index in [2.05, 4.69) is 25.9 Å². The van der Waals surface area contributed by atoms with Crippen molar-refractivity contribution in [1.29, 1.82) is 0 Å². The summed E-state index contributed by atoms with van der Waals surface area (Å²) < 4.78 is 0. The molecule has 0 spiro atoms. The van der Waals surface area contributed by atoms with Gasteiger partial charge >= 0.3 is 6.03 Å². The number of aryl methyl sites for hydroxylation is 2. The van der Waals surface area contributed by atoms with Crippen molar-refractivity contribution < 1.29 is 9.59 Å². The molecule has 8 heteroatoms. The third kappa shape index (κ3) is 6.05. The van der Waals surface area contributed by atoms with Crippen molar-refractivity contribution in [3.8, 4) is 0 Å². The fourth-order valence-corrected chi connectivity index (χ4v) is 3.80. The molecule has 7 nitrogen and oxygen atoms in total. The topological polar surface area (TPSA) is 96.0 Å². The predicted octanol–water partition coefficient (Wildman–Crippen LogP) is 4.78. The lowest BCUT2D eigenvalue weighted by Crippen LogP contribution is -2.30. The van der Waals surface area contributed by atoms with Crippen LogP contribution in [-0.4, -0.2) is 27.9 Å². The predicted molar refractivity (Wildman–Crippen MR) is 122 cm³/mol. The summed E-state index contributed by atoms with van der Waals surface area (Å²) in [4.78, 5) is 34.2. The van der Waals surface area contributed by atoms with E-state index in [9.17, 15) is 9.59 Å². The van der Waals surface area contributed by atoms with Gasteiger partial charge in [0.05, 0.1) is 0 Å². The number of nitrogens with zero attached hydrogens (tertiary/aromatic N) is 2. The maximum Gasteiger partial charge on any atom is 0.319 e. The molecule has 1 aromatic heterocycles. The zero-order chi connectivity index (χ0) is 21.8. The van der Waals surface area contributed by atoms with Crippen LogP contribution < -0.4 is 16.0 Å². The highest BCUT2D eigenvalue weighted by atomic mass is 32.2. The van der Waals surface area contributed by atoms with E-state index in [4.69, 9.17) is 0 Å².